The van der Waals surface area contributed by atoms with Gasteiger partial charge in [-0.2, -0.15) is 0 Å². The number of rotatable bonds is 9. The van der Waals surface area contributed by atoms with Gasteiger partial charge in [0.1, 0.15) is 0 Å². The van der Waals surface area contributed by atoms with Crippen LogP contribution in [0.4, 0.5) is 11.4 Å². The molecule has 3 N–H and O–H groups in total. The van der Waals surface area contributed by atoms with Gasteiger partial charge in [0.2, 0.25) is 5.91 Å². The van der Waals surface area contributed by atoms with E-state index in [1.54, 1.807) is 25.3 Å². The number of ether oxygens (including phenoxy) is 2. The molecule has 0 bridgehead atoms. The van der Waals surface area contributed by atoms with Gasteiger partial charge in [0.05, 0.1) is 24.7 Å². The van der Waals surface area contributed by atoms with Crippen LogP contribution in [0.15, 0.2) is 36.4 Å². The van der Waals surface area contributed by atoms with Gasteiger partial charge in [-0.1, -0.05) is 6.07 Å². The highest BCUT2D eigenvalue weighted by Gasteiger charge is 2.24. The van der Waals surface area contributed by atoms with Crippen LogP contribution in [0.3, 0.4) is 0 Å². The van der Waals surface area contributed by atoms with Gasteiger partial charge >= 0.3 is 0 Å². The van der Waals surface area contributed by atoms with Crippen molar-refractivity contribution in [3.05, 3.63) is 57.6 Å². The molecule has 2 aromatic carbocycles. The van der Waals surface area contributed by atoms with E-state index in [0.717, 1.165) is 31.2 Å². The Labute approximate surface area is 198 Å². The summed E-state index contributed by atoms with van der Waals surface area (Å²) in [6.45, 7) is 1.72. The summed E-state index contributed by atoms with van der Waals surface area (Å²) in [7, 11) is 3.08. The molecule has 0 aromatic heterocycles. The van der Waals surface area contributed by atoms with Gasteiger partial charge in [-0.3, -0.25) is 19.7 Å². The van der Waals surface area contributed by atoms with Crippen molar-refractivity contribution in [2.24, 2.45) is 0 Å². The molecule has 2 aromatic rings. The molecule has 10 nitrogen and oxygen atoms in total. The maximum atomic E-state index is 13.0. The number of hydrogen-bond donors (Lipinski definition) is 3. The second kappa shape index (κ2) is 11.4. The Hall–Kier alpha value is -3.82. The average Bonchev–Trinajstić information content (AvgIpc) is 2.83. The van der Waals surface area contributed by atoms with E-state index in [-0.39, 0.29) is 35.8 Å². The van der Waals surface area contributed by atoms with E-state index in [1.807, 2.05) is 6.07 Å². The van der Waals surface area contributed by atoms with Crippen LogP contribution >= 0.6 is 0 Å². The van der Waals surface area contributed by atoms with Crippen molar-refractivity contribution in [3.63, 3.8) is 0 Å². The fourth-order valence-electron chi connectivity index (χ4n) is 4.12. The molecule has 3 rings (SSSR count). The molecule has 0 aliphatic heterocycles. The number of benzene rings is 2. The molecule has 34 heavy (non-hydrogen) atoms. The van der Waals surface area contributed by atoms with Crippen LogP contribution < -0.4 is 25.4 Å². The molecule has 2 amide bonds. The number of nitrogens with zero attached hydrogens (tertiary/aromatic N) is 1. The Morgan fingerprint density at radius 1 is 1.00 bits per heavy atom. The number of non-ortho nitro benzene ring substituents is 1. The number of hydrogen-bond acceptors (Lipinski definition) is 7. The van der Waals surface area contributed by atoms with Gasteiger partial charge < -0.3 is 25.4 Å². The molecular weight excluding hydrogens is 440 g/mol. The zero-order valence-corrected chi connectivity index (χ0v) is 19.6. The van der Waals surface area contributed by atoms with E-state index in [4.69, 9.17) is 9.47 Å². The first-order valence-electron chi connectivity index (χ1n) is 11.1. The Balaban J connectivity index is 1.72. The summed E-state index contributed by atoms with van der Waals surface area (Å²) in [4.78, 5) is 35.1. The first kappa shape index (κ1) is 24.8. The fourth-order valence-corrected chi connectivity index (χ4v) is 4.12. The lowest BCUT2D eigenvalue weighted by Crippen LogP contribution is -2.39. The van der Waals surface area contributed by atoms with E-state index in [1.165, 1.54) is 26.2 Å². The predicted octanol–water partition coefficient (Wildman–Crippen LogP) is 3.40. The maximum absolute atomic E-state index is 13.0. The minimum absolute atomic E-state index is 0.0415. The number of amides is 2. The van der Waals surface area contributed by atoms with Crippen molar-refractivity contribution in [2.75, 3.05) is 19.5 Å². The summed E-state index contributed by atoms with van der Waals surface area (Å²) in [5.74, 6) is 0.658. The van der Waals surface area contributed by atoms with E-state index in [2.05, 4.69) is 16.0 Å². The number of methoxy groups -OCH3 is 2. The molecule has 182 valence electrons. The first-order chi connectivity index (χ1) is 16.3. The molecule has 0 heterocycles. The molecule has 1 saturated carbocycles. The van der Waals surface area contributed by atoms with Crippen molar-refractivity contribution in [1.82, 2.24) is 10.6 Å². The summed E-state index contributed by atoms with van der Waals surface area (Å²) < 4.78 is 10.5. The van der Waals surface area contributed by atoms with Crippen molar-refractivity contribution < 1.29 is 24.0 Å². The molecule has 0 saturated heterocycles. The van der Waals surface area contributed by atoms with Crippen LogP contribution in [0.2, 0.25) is 0 Å². The lowest BCUT2D eigenvalue weighted by Gasteiger charge is -2.30. The molecule has 1 aliphatic carbocycles. The predicted molar refractivity (Wildman–Crippen MR) is 127 cm³/mol. The summed E-state index contributed by atoms with van der Waals surface area (Å²) in [5, 5.41) is 20.4. The van der Waals surface area contributed by atoms with Crippen molar-refractivity contribution in [2.45, 2.75) is 51.2 Å². The molecule has 1 fully saturated rings. The zero-order chi connectivity index (χ0) is 24.7. The van der Waals surface area contributed by atoms with Crippen molar-refractivity contribution >= 4 is 23.2 Å². The second-order valence-corrected chi connectivity index (χ2v) is 8.25. The van der Waals surface area contributed by atoms with Gasteiger partial charge in [-0.25, -0.2) is 0 Å². The Bertz CT molecular complexity index is 1050. The maximum Gasteiger partial charge on any atom is 0.270 e. The lowest BCUT2D eigenvalue weighted by atomic mass is 9.90. The van der Waals surface area contributed by atoms with E-state index >= 15 is 0 Å². The second-order valence-electron chi connectivity index (χ2n) is 8.25. The Kier molecular flexibility index (Phi) is 8.29. The number of nitro benzene ring substituents is 1. The number of anilines is 1. The Morgan fingerprint density at radius 2 is 1.68 bits per heavy atom. The van der Waals surface area contributed by atoms with Crippen LogP contribution in [0.25, 0.3) is 0 Å². The first-order valence-corrected chi connectivity index (χ1v) is 11.1. The highest BCUT2D eigenvalue weighted by molar-refractivity contribution is 6.00. The quantitative estimate of drug-likeness (QED) is 0.378. The molecular formula is C24H30N4O6. The highest BCUT2D eigenvalue weighted by atomic mass is 16.6. The minimum Gasteiger partial charge on any atom is -0.493 e. The van der Waals surface area contributed by atoms with Crippen LogP contribution in [-0.4, -0.2) is 43.0 Å². The van der Waals surface area contributed by atoms with Crippen LogP contribution in [-0.2, 0) is 11.3 Å². The van der Waals surface area contributed by atoms with Gasteiger partial charge in [-0.15, -0.1) is 0 Å². The van der Waals surface area contributed by atoms with Crippen molar-refractivity contribution in [3.8, 4) is 11.5 Å². The Morgan fingerprint density at radius 3 is 2.29 bits per heavy atom. The number of nitro groups is 1. The average molecular weight is 471 g/mol. The number of carbonyl (C=O) groups is 2. The van der Waals surface area contributed by atoms with Crippen LogP contribution in [0.5, 0.6) is 11.5 Å². The summed E-state index contributed by atoms with van der Waals surface area (Å²) in [6, 6.07) is 9.81. The topological polar surface area (TPSA) is 132 Å². The van der Waals surface area contributed by atoms with E-state index in [0.29, 0.717) is 17.2 Å². The SMILES string of the molecule is COc1ccc(CNC(=O)c2cc([N+](=O)[O-])ccc2NC2CCC(NC(C)=O)CC2)cc1OC. The third-order valence-corrected chi connectivity index (χ3v) is 5.85. The molecule has 0 atom stereocenters. The summed E-state index contributed by atoms with van der Waals surface area (Å²) in [5.41, 5.74) is 1.38. The standard InChI is InChI=1S/C24H30N4O6/c1-15(29)26-17-5-7-18(8-6-17)27-21-10-9-19(28(31)32)13-20(21)24(30)25-14-16-4-11-22(33-2)23(12-16)34-3/h4,9-13,17-18,27H,5-8,14H2,1-3H3,(H,25,30)(H,26,29). The third kappa shape index (κ3) is 6.37. The summed E-state index contributed by atoms with van der Waals surface area (Å²) in [6.07, 6.45) is 3.28. The van der Waals surface area contributed by atoms with E-state index < -0.39 is 10.8 Å². The molecule has 0 radical (unpaired) electrons. The molecule has 10 heteroatoms. The molecule has 0 unspecified atom stereocenters. The van der Waals surface area contributed by atoms with Crippen LogP contribution in [0, 0.1) is 10.1 Å². The lowest BCUT2D eigenvalue weighted by molar-refractivity contribution is -0.384. The summed E-state index contributed by atoms with van der Waals surface area (Å²) >= 11 is 0. The van der Waals surface area contributed by atoms with Gasteiger partial charge in [0.25, 0.3) is 11.6 Å². The third-order valence-electron chi connectivity index (χ3n) is 5.85. The van der Waals surface area contributed by atoms with E-state index in [9.17, 15) is 19.7 Å². The van der Waals surface area contributed by atoms with Gasteiger partial charge in [0.15, 0.2) is 11.5 Å². The van der Waals surface area contributed by atoms with Gasteiger partial charge in [0, 0.05) is 43.4 Å². The fraction of sp³-hybridized carbons (Fsp3) is 0.417. The largest absolute Gasteiger partial charge is 0.493 e. The monoisotopic (exact) mass is 470 g/mol. The molecule has 1 aliphatic rings. The molecule has 0 spiro atoms. The normalized spacial score (nSPS) is 17.4. The smallest absolute Gasteiger partial charge is 0.270 e. The number of nitrogens with one attached hydrogen (secondary N) is 3. The highest BCUT2D eigenvalue weighted by Crippen LogP contribution is 2.29. The van der Waals surface area contributed by atoms with Gasteiger partial charge in [-0.05, 0) is 49.4 Å². The zero-order valence-electron chi connectivity index (χ0n) is 19.6. The number of carbonyl (C=O) groups excluding carboxylic acids is 2. The minimum atomic E-state index is -0.520. The van der Waals surface area contributed by atoms with Crippen LogP contribution in [0.1, 0.15) is 48.5 Å². The van der Waals surface area contributed by atoms with Crippen molar-refractivity contribution in [1.29, 1.82) is 0 Å².